The molecule has 1 unspecified atom stereocenters. The molecule has 1 aliphatic rings. The molecule has 1 aromatic heterocycles. The van der Waals surface area contributed by atoms with E-state index < -0.39 is 0 Å². The summed E-state index contributed by atoms with van der Waals surface area (Å²) in [5, 5.41) is 0. The molecule has 0 bridgehead atoms. The fourth-order valence-electron chi connectivity index (χ4n) is 3.90. The minimum absolute atomic E-state index is 0.00667. The molecule has 0 aliphatic carbocycles. The topological polar surface area (TPSA) is 54.4 Å². The number of aryl methyl sites for hydroxylation is 1. The molecular formula is C20H25N2O2+. The van der Waals surface area contributed by atoms with Crippen molar-refractivity contribution in [2.45, 2.75) is 46.7 Å². The molecule has 0 saturated carbocycles. The molecule has 0 fully saturated rings. The summed E-state index contributed by atoms with van der Waals surface area (Å²) in [5.74, 6) is 0.102. The van der Waals surface area contributed by atoms with E-state index in [1.54, 1.807) is 6.92 Å². The molecule has 0 amide bonds. The normalized spacial score (nSPS) is 18.1. The zero-order chi connectivity index (χ0) is 17.4. The Balaban J connectivity index is 1.84. The van der Waals surface area contributed by atoms with E-state index in [0.717, 1.165) is 30.8 Å². The lowest BCUT2D eigenvalue weighted by atomic mass is 9.96. The number of rotatable bonds is 4. The van der Waals surface area contributed by atoms with Crippen LogP contribution in [0.3, 0.4) is 0 Å². The van der Waals surface area contributed by atoms with E-state index in [1.165, 1.54) is 16.0 Å². The van der Waals surface area contributed by atoms with E-state index in [9.17, 15) is 9.59 Å². The molecule has 2 heterocycles. The van der Waals surface area contributed by atoms with Crippen molar-refractivity contribution in [3.63, 3.8) is 0 Å². The number of carbonyl (C=O) groups excluding carboxylic acids is 2. The van der Waals surface area contributed by atoms with Crippen molar-refractivity contribution in [1.29, 1.82) is 0 Å². The van der Waals surface area contributed by atoms with E-state index in [-0.39, 0.29) is 17.6 Å². The van der Waals surface area contributed by atoms with E-state index in [1.807, 2.05) is 20.8 Å². The summed E-state index contributed by atoms with van der Waals surface area (Å²) in [7, 11) is 0. The number of aromatic amines is 1. The third-order valence-electron chi connectivity index (χ3n) is 5.29. The van der Waals surface area contributed by atoms with Crippen LogP contribution in [0.15, 0.2) is 24.3 Å². The predicted molar refractivity (Wildman–Crippen MR) is 93.7 cm³/mol. The number of Topliss-reactive ketones (excluding diaryl/α,β-unsaturated/α-hetero) is 2. The summed E-state index contributed by atoms with van der Waals surface area (Å²) in [6.07, 6.45) is 1.00. The molecule has 0 spiro atoms. The van der Waals surface area contributed by atoms with Crippen LogP contribution in [0.25, 0.3) is 0 Å². The number of H-pyrrole nitrogens is 1. The largest absolute Gasteiger partial charge is 0.355 e. The van der Waals surface area contributed by atoms with Crippen molar-refractivity contribution in [3.05, 3.63) is 57.9 Å². The zero-order valence-electron chi connectivity index (χ0n) is 14.8. The van der Waals surface area contributed by atoms with Gasteiger partial charge < -0.3 is 9.88 Å². The molecule has 1 aliphatic heterocycles. The van der Waals surface area contributed by atoms with Gasteiger partial charge in [0.15, 0.2) is 11.8 Å². The van der Waals surface area contributed by atoms with Crippen molar-refractivity contribution in [3.8, 4) is 0 Å². The maximum atomic E-state index is 13.0. The monoisotopic (exact) mass is 325 g/mol. The lowest BCUT2D eigenvalue weighted by molar-refractivity contribution is -0.929. The highest BCUT2D eigenvalue weighted by Gasteiger charge is 2.32. The molecule has 2 aromatic rings. The Kier molecular flexibility index (Phi) is 4.41. The average molecular weight is 325 g/mol. The molecule has 0 saturated heterocycles. The number of ketones is 2. The third-order valence-corrected chi connectivity index (χ3v) is 5.29. The summed E-state index contributed by atoms with van der Waals surface area (Å²) in [4.78, 5) is 29.2. The molecule has 2 atom stereocenters. The molecule has 3 rings (SSSR count). The number of benzene rings is 1. The number of quaternary nitrogens is 1. The first-order valence-corrected chi connectivity index (χ1v) is 8.55. The van der Waals surface area contributed by atoms with Gasteiger partial charge in [-0.25, -0.2) is 0 Å². The molecule has 24 heavy (non-hydrogen) atoms. The molecule has 126 valence electrons. The van der Waals surface area contributed by atoms with Gasteiger partial charge in [0, 0.05) is 23.2 Å². The van der Waals surface area contributed by atoms with Crippen molar-refractivity contribution in [2.24, 2.45) is 0 Å². The van der Waals surface area contributed by atoms with Crippen molar-refractivity contribution >= 4 is 11.6 Å². The number of carbonyl (C=O) groups is 2. The van der Waals surface area contributed by atoms with Gasteiger partial charge >= 0.3 is 0 Å². The first-order valence-electron chi connectivity index (χ1n) is 8.55. The van der Waals surface area contributed by atoms with Gasteiger partial charge in [-0.1, -0.05) is 24.3 Å². The molecule has 1 aromatic carbocycles. The minimum Gasteiger partial charge on any atom is -0.355 e. The third kappa shape index (κ3) is 2.82. The van der Waals surface area contributed by atoms with Crippen LogP contribution in [-0.4, -0.2) is 29.1 Å². The fourth-order valence-corrected chi connectivity index (χ4v) is 3.90. The Labute approximate surface area is 142 Å². The minimum atomic E-state index is -0.130. The molecule has 4 heteroatoms. The molecular weight excluding hydrogens is 300 g/mol. The SMILES string of the molecule is CC(=O)c1c(C)[nH]c(C(=O)[C@H](C)[NH+]2CCc3ccccc3C2)c1C. The second kappa shape index (κ2) is 6.36. The number of hydrogen-bond donors (Lipinski definition) is 2. The summed E-state index contributed by atoms with van der Waals surface area (Å²) in [6, 6.07) is 8.34. The Morgan fingerprint density at radius 3 is 2.46 bits per heavy atom. The van der Waals surface area contributed by atoms with Gasteiger partial charge in [-0.15, -0.1) is 0 Å². The smallest absolute Gasteiger partial charge is 0.235 e. The highest BCUT2D eigenvalue weighted by atomic mass is 16.1. The summed E-state index contributed by atoms with van der Waals surface area (Å²) in [5.41, 5.74) is 5.55. The first kappa shape index (κ1) is 16.7. The zero-order valence-corrected chi connectivity index (χ0v) is 14.8. The standard InChI is InChI=1S/C20H24N2O2/c1-12-18(15(4)23)13(2)21-19(12)20(24)14(3)22-10-9-16-7-5-6-8-17(16)11-22/h5-8,14,21H,9-11H2,1-4H3/p+1/t14-/m0/s1. The number of aromatic nitrogens is 1. The van der Waals surface area contributed by atoms with Crippen LogP contribution in [0.4, 0.5) is 0 Å². The summed E-state index contributed by atoms with van der Waals surface area (Å²) < 4.78 is 0. The van der Waals surface area contributed by atoms with Crippen LogP contribution in [0, 0.1) is 13.8 Å². The Morgan fingerprint density at radius 1 is 1.17 bits per heavy atom. The molecule has 0 radical (unpaired) electrons. The number of fused-ring (bicyclic) bond motifs is 1. The quantitative estimate of drug-likeness (QED) is 0.845. The van der Waals surface area contributed by atoms with E-state index in [0.29, 0.717) is 11.3 Å². The number of hydrogen-bond acceptors (Lipinski definition) is 2. The second-order valence-corrected chi connectivity index (χ2v) is 6.87. The highest BCUT2D eigenvalue weighted by Crippen LogP contribution is 2.20. The highest BCUT2D eigenvalue weighted by molar-refractivity contribution is 6.04. The Bertz CT molecular complexity index is 804. The maximum Gasteiger partial charge on any atom is 0.235 e. The van der Waals surface area contributed by atoms with E-state index in [4.69, 9.17) is 0 Å². The van der Waals surface area contributed by atoms with Gasteiger partial charge in [-0.2, -0.15) is 0 Å². The maximum absolute atomic E-state index is 13.0. The van der Waals surface area contributed by atoms with E-state index in [2.05, 4.69) is 29.2 Å². The van der Waals surface area contributed by atoms with Crippen LogP contribution in [-0.2, 0) is 13.0 Å². The average Bonchev–Trinajstić information content (AvgIpc) is 2.87. The van der Waals surface area contributed by atoms with Crippen LogP contribution in [0.1, 0.15) is 57.1 Å². The van der Waals surface area contributed by atoms with Gasteiger partial charge in [0.2, 0.25) is 5.78 Å². The molecule has 2 N–H and O–H groups in total. The van der Waals surface area contributed by atoms with Crippen LogP contribution in [0.5, 0.6) is 0 Å². The fraction of sp³-hybridized carbons (Fsp3) is 0.400. The van der Waals surface area contributed by atoms with Gasteiger partial charge in [0.1, 0.15) is 6.54 Å². The molecule has 4 nitrogen and oxygen atoms in total. The van der Waals surface area contributed by atoms with Gasteiger partial charge in [0.05, 0.1) is 12.2 Å². The lowest BCUT2D eigenvalue weighted by Crippen LogP contribution is -3.16. The predicted octanol–water partition coefficient (Wildman–Crippen LogP) is 2.05. The van der Waals surface area contributed by atoms with Crippen LogP contribution >= 0.6 is 0 Å². The Hall–Kier alpha value is -2.20. The van der Waals surface area contributed by atoms with Crippen LogP contribution < -0.4 is 4.90 Å². The summed E-state index contributed by atoms with van der Waals surface area (Å²) >= 11 is 0. The Morgan fingerprint density at radius 2 is 1.83 bits per heavy atom. The van der Waals surface area contributed by atoms with Gasteiger partial charge in [-0.05, 0) is 38.8 Å². The lowest BCUT2D eigenvalue weighted by Gasteiger charge is -2.30. The first-order chi connectivity index (χ1) is 11.4. The van der Waals surface area contributed by atoms with Gasteiger partial charge in [0.25, 0.3) is 0 Å². The number of nitrogens with one attached hydrogen (secondary N) is 2. The summed E-state index contributed by atoms with van der Waals surface area (Å²) in [6.45, 7) is 9.10. The van der Waals surface area contributed by atoms with Crippen molar-refractivity contribution < 1.29 is 14.5 Å². The van der Waals surface area contributed by atoms with Gasteiger partial charge in [-0.3, -0.25) is 9.59 Å². The van der Waals surface area contributed by atoms with E-state index >= 15 is 0 Å². The van der Waals surface area contributed by atoms with Crippen LogP contribution in [0.2, 0.25) is 0 Å². The second-order valence-electron chi connectivity index (χ2n) is 6.87. The van der Waals surface area contributed by atoms with Crippen molar-refractivity contribution in [2.75, 3.05) is 6.54 Å². The van der Waals surface area contributed by atoms with Crippen molar-refractivity contribution in [1.82, 2.24) is 4.98 Å².